The summed E-state index contributed by atoms with van der Waals surface area (Å²) >= 11 is 0. The van der Waals surface area contributed by atoms with Crippen molar-refractivity contribution in [2.24, 2.45) is 17.3 Å². The van der Waals surface area contributed by atoms with Crippen LogP contribution in [0.5, 0.6) is 0 Å². The van der Waals surface area contributed by atoms with E-state index in [1.54, 1.807) is 0 Å². The van der Waals surface area contributed by atoms with Crippen LogP contribution in [0.3, 0.4) is 0 Å². The second-order valence-electron chi connectivity index (χ2n) is 4.10. The third kappa shape index (κ3) is 2.36. The van der Waals surface area contributed by atoms with E-state index in [0.29, 0.717) is 5.41 Å². The second kappa shape index (κ2) is 3.94. The number of hydrogen-bond acceptors (Lipinski definition) is 0. The first kappa shape index (κ1) is 10.7. The van der Waals surface area contributed by atoms with Gasteiger partial charge in [0.2, 0.25) is 0 Å². The molecule has 0 aromatic heterocycles. The fourth-order valence-corrected chi connectivity index (χ4v) is 1.41. The summed E-state index contributed by atoms with van der Waals surface area (Å²) in [5, 5.41) is 0. The van der Waals surface area contributed by atoms with Gasteiger partial charge in [-0.15, -0.1) is 6.58 Å². The van der Waals surface area contributed by atoms with Gasteiger partial charge in [-0.05, 0) is 23.7 Å². The predicted molar refractivity (Wildman–Crippen MR) is 52.6 cm³/mol. The topological polar surface area (TPSA) is 0 Å². The average Bonchev–Trinajstić information content (AvgIpc) is 2.01. The van der Waals surface area contributed by atoms with Gasteiger partial charge in [0.05, 0.1) is 0 Å². The molecule has 0 bridgehead atoms. The highest BCUT2D eigenvalue weighted by atomic mass is 14.3. The van der Waals surface area contributed by atoms with E-state index >= 15 is 0 Å². The van der Waals surface area contributed by atoms with Crippen molar-refractivity contribution in [3.8, 4) is 0 Å². The van der Waals surface area contributed by atoms with E-state index in [1.165, 1.54) is 6.42 Å². The molecule has 0 fully saturated rings. The standard InChI is InChI=1S/C11H22/c1-7-11(6,8-2)10(5)9(3)4/h7,9-10H,1,8H2,2-6H3. The molecule has 2 unspecified atom stereocenters. The Morgan fingerprint density at radius 3 is 1.91 bits per heavy atom. The maximum Gasteiger partial charge on any atom is -0.0124 e. The molecular weight excluding hydrogens is 132 g/mol. The van der Waals surface area contributed by atoms with Gasteiger partial charge in [0.25, 0.3) is 0 Å². The zero-order valence-electron chi connectivity index (χ0n) is 8.65. The normalized spacial score (nSPS) is 19.5. The van der Waals surface area contributed by atoms with E-state index in [2.05, 4.69) is 47.3 Å². The Balaban J connectivity index is 4.36. The summed E-state index contributed by atoms with van der Waals surface area (Å²) in [6.45, 7) is 15.3. The molecule has 0 aromatic rings. The van der Waals surface area contributed by atoms with E-state index in [9.17, 15) is 0 Å². The number of hydrogen-bond donors (Lipinski definition) is 0. The van der Waals surface area contributed by atoms with Gasteiger partial charge in [0.1, 0.15) is 0 Å². The minimum atomic E-state index is 0.328. The minimum absolute atomic E-state index is 0.328. The van der Waals surface area contributed by atoms with E-state index < -0.39 is 0 Å². The predicted octanol–water partition coefficient (Wildman–Crippen LogP) is 3.88. The van der Waals surface area contributed by atoms with Crippen LogP contribution in [0, 0.1) is 17.3 Å². The zero-order chi connectivity index (χ0) is 9.07. The van der Waals surface area contributed by atoms with Crippen molar-refractivity contribution >= 4 is 0 Å². The SMILES string of the molecule is C=CC(C)(CC)C(C)C(C)C. The molecular formula is C11H22. The lowest BCUT2D eigenvalue weighted by Gasteiger charge is -2.34. The Kier molecular flexibility index (Phi) is 3.85. The van der Waals surface area contributed by atoms with Gasteiger partial charge in [-0.25, -0.2) is 0 Å². The molecule has 0 spiro atoms. The molecule has 0 aliphatic carbocycles. The fraction of sp³-hybridized carbons (Fsp3) is 0.818. The van der Waals surface area contributed by atoms with Crippen molar-refractivity contribution in [2.45, 2.75) is 41.0 Å². The first-order valence-electron chi connectivity index (χ1n) is 4.61. The largest absolute Gasteiger partial charge is 0.103 e. The summed E-state index contributed by atoms with van der Waals surface area (Å²) in [6, 6.07) is 0. The molecule has 0 saturated carbocycles. The molecule has 0 N–H and O–H groups in total. The Morgan fingerprint density at radius 2 is 1.82 bits per heavy atom. The van der Waals surface area contributed by atoms with Crippen molar-refractivity contribution in [3.63, 3.8) is 0 Å². The van der Waals surface area contributed by atoms with Crippen molar-refractivity contribution in [2.75, 3.05) is 0 Å². The molecule has 0 heterocycles. The smallest absolute Gasteiger partial charge is 0.0124 e. The highest BCUT2D eigenvalue weighted by molar-refractivity contribution is 4.94. The van der Waals surface area contributed by atoms with Crippen LogP contribution in [0.2, 0.25) is 0 Å². The first-order valence-corrected chi connectivity index (χ1v) is 4.61. The summed E-state index contributed by atoms with van der Waals surface area (Å²) < 4.78 is 0. The van der Waals surface area contributed by atoms with Crippen LogP contribution in [0.1, 0.15) is 41.0 Å². The average molecular weight is 154 g/mol. The Morgan fingerprint density at radius 1 is 1.36 bits per heavy atom. The second-order valence-corrected chi connectivity index (χ2v) is 4.10. The van der Waals surface area contributed by atoms with E-state index in [1.807, 2.05) is 0 Å². The summed E-state index contributed by atoms with van der Waals surface area (Å²) in [5.74, 6) is 1.47. The van der Waals surface area contributed by atoms with Crippen LogP contribution in [0.15, 0.2) is 12.7 Å². The molecule has 0 saturated heterocycles. The highest BCUT2D eigenvalue weighted by Gasteiger charge is 2.27. The molecule has 0 rings (SSSR count). The van der Waals surface area contributed by atoms with Crippen LogP contribution in [-0.2, 0) is 0 Å². The monoisotopic (exact) mass is 154 g/mol. The van der Waals surface area contributed by atoms with E-state index in [4.69, 9.17) is 0 Å². The molecule has 66 valence electrons. The Bertz CT molecular complexity index is 124. The molecule has 0 heteroatoms. The fourth-order valence-electron chi connectivity index (χ4n) is 1.41. The zero-order valence-corrected chi connectivity index (χ0v) is 8.65. The summed E-state index contributed by atoms with van der Waals surface area (Å²) in [4.78, 5) is 0. The van der Waals surface area contributed by atoms with Crippen molar-refractivity contribution in [1.82, 2.24) is 0 Å². The van der Waals surface area contributed by atoms with Crippen LogP contribution in [0.4, 0.5) is 0 Å². The molecule has 0 amide bonds. The third-order valence-corrected chi connectivity index (χ3v) is 3.27. The minimum Gasteiger partial charge on any atom is -0.103 e. The molecule has 0 nitrogen and oxygen atoms in total. The van der Waals surface area contributed by atoms with Gasteiger partial charge < -0.3 is 0 Å². The summed E-state index contributed by atoms with van der Waals surface area (Å²) in [5.41, 5.74) is 0.328. The summed E-state index contributed by atoms with van der Waals surface area (Å²) in [6.07, 6.45) is 3.30. The van der Waals surface area contributed by atoms with Crippen LogP contribution >= 0.6 is 0 Å². The van der Waals surface area contributed by atoms with Crippen LogP contribution in [-0.4, -0.2) is 0 Å². The van der Waals surface area contributed by atoms with Gasteiger partial charge >= 0.3 is 0 Å². The maximum absolute atomic E-state index is 3.91. The van der Waals surface area contributed by atoms with Crippen LogP contribution in [0.25, 0.3) is 0 Å². The molecule has 0 aromatic carbocycles. The Hall–Kier alpha value is -0.260. The number of allylic oxidation sites excluding steroid dienone is 1. The molecule has 2 atom stereocenters. The van der Waals surface area contributed by atoms with Gasteiger partial charge in [0.15, 0.2) is 0 Å². The van der Waals surface area contributed by atoms with Crippen molar-refractivity contribution in [3.05, 3.63) is 12.7 Å². The lowest BCUT2D eigenvalue weighted by atomic mass is 9.71. The molecule has 0 radical (unpaired) electrons. The first-order chi connectivity index (χ1) is 4.98. The maximum atomic E-state index is 3.91. The van der Waals surface area contributed by atoms with E-state index in [0.717, 1.165) is 11.8 Å². The van der Waals surface area contributed by atoms with Crippen molar-refractivity contribution < 1.29 is 0 Å². The van der Waals surface area contributed by atoms with Gasteiger partial charge in [-0.2, -0.15) is 0 Å². The number of rotatable bonds is 4. The quantitative estimate of drug-likeness (QED) is 0.539. The van der Waals surface area contributed by atoms with Crippen LogP contribution < -0.4 is 0 Å². The molecule has 0 aliphatic heterocycles. The molecule has 0 aliphatic rings. The molecule has 11 heavy (non-hydrogen) atoms. The highest BCUT2D eigenvalue weighted by Crippen LogP contribution is 2.36. The van der Waals surface area contributed by atoms with E-state index in [-0.39, 0.29) is 0 Å². The summed E-state index contributed by atoms with van der Waals surface area (Å²) in [7, 11) is 0. The lowest BCUT2D eigenvalue weighted by molar-refractivity contribution is 0.204. The lowest BCUT2D eigenvalue weighted by Crippen LogP contribution is -2.25. The van der Waals surface area contributed by atoms with Gasteiger partial charge in [-0.1, -0.05) is 40.7 Å². The van der Waals surface area contributed by atoms with Gasteiger partial charge in [-0.3, -0.25) is 0 Å². The third-order valence-electron chi connectivity index (χ3n) is 3.27. The van der Waals surface area contributed by atoms with Crippen molar-refractivity contribution in [1.29, 1.82) is 0 Å². The van der Waals surface area contributed by atoms with Gasteiger partial charge in [0, 0.05) is 0 Å². The Labute approximate surface area is 71.7 Å².